The van der Waals surface area contributed by atoms with Gasteiger partial charge >= 0.3 is 6.03 Å². The first-order valence-electron chi connectivity index (χ1n) is 9.67. The Morgan fingerprint density at radius 1 is 1.39 bits per heavy atom. The van der Waals surface area contributed by atoms with Crippen LogP contribution >= 0.6 is 0 Å². The molecule has 2 aromatic heterocycles. The fourth-order valence-corrected chi connectivity index (χ4v) is 3.44. The molecule has 0 saturated carbocycles. The molecule has 9 nitrogen and oxygen atoms in total. The van der Waals surface area contributed by atoms with Crippen molar-refractivity contribution in [2.24, 2.45) is 13.0 Å². The first kappa shape index (κ1) is 20.1. The molecule has 152 valence electrons. The van der Waals surface area contributed by atoms with E-state index in [2.05, 4.69) is 25.3 Å². The second kappa shape index (κ2) is 10.0. The van der Waals surface area contributed by atoms with Crippen LogP contribution in [0.3, 0.4) is 0 Å². The van der Waals surface area contributed by atoms with Gasteiger partial charge in [-0.25, -0.2) is 14.8 Å². The summed E-state index contributed by atoms with van der Waals surface area (Å²) in [5.41, 5.74) is 0.999. The van der Waals surface area contributed by atoms with Gasteiger partial charge in [0.15, 0.2) is 0 Å². The van der Waals surface area contributed by atoms with E-state index in [1.54, 1.807) is 35.3 Å². The Balaban J connectivity index is 1.52. The summed E-state index contributed by atoms with van der Waals surface area (Å²) in [6, 6.07) is 1.75. The summed E-state index contributed by atoms with van der Waals surface area (Å²) in [6.07, 6.45) is 9.39. The second-order valence-corrected chi connectivity index (χ2v) is 7.13. The summed E-state index contributed by atoms with van der Waals surface area (Å²) in [5.74, 6) is 1.14. The molecule has 0 bridgehead atoms. The zero-order valence-electron chi connectivity index (χ0n) is 16.6. The van der Waals surface area contributed by atoms with Gasteiger partial charge in [-0.3, -0.25) is 4.68 Å². The van der Waals surface area contributed by atoms with Crippen molar-refractivity contribution in [2.75, 3.05) is 44.8 Å². The van der Waals surface area contributed by atoms with Crippen molar-refractivity contribution >= 4 is 12.0 Å². The number of carbonyl (C=O) groups excluding carboxylic acids is 1. The Bertz CT molecular complexity index is 737. The number of ether oxygens (including phenoxy) is 1. The lowest BCUT2D eigenvalue weighted by atomic mass is 9.98. The lowest BCUT2D eigenvalue weighted by molar-refractivity contribution is 0.145. The van der Waals surface area contributed by atoms with Crippen molar-refractivity contribution in [3.05, 3.63) is 36.4 Å². The Morgan fingerprint density at radius 3 is 2.93 bits per heavy atom. The SMILES string of the molecule is COCCN(Cc1cnn(C)c1)C(=O)NC[C@@H]1CCCN(c2ncccn2)C1. The van der Waals surface area contributed by atoms with E-state index >= 15 is 0 Å². The highest BCUT2D eigenvalue weighted by Gasteiger charge is 2.23. The van der Waals surface area contributed by atoms with Gasteiger partial charge in [0.05, 0.1) is 19.3 Å². The van der Waals surface area contributed by atoms with Crippen molar-refractivity contribution in [3.8, 4) is 0 Å². The molecule has 1 aliphatic rings. The first-order chi connectivity index (χ1) is 13.7. The standard InChI is InChI=1S/C19H29N7O2/c1-24-13-17(12-23-24)15-26(9-10-28-2)19(27)22-11-16-5-3-8-25(14-16)18-20-6-4-7-21-18/h4,6-7,12-13,16H,3,5,8-11,14-15H2,1-2H3,(H,22,27)/t16-/m0/s1. The molecule has 28 heavy (non-hydrogen) atoms. The molecule has 0 aliphatic carbocycles. The molecule has 0 spiro atoms. The van der Waals surface area contributed by atoms with Crippen molar-refractivity contribution < 1.29 is 9.53 Å². The van der Waals surface area contributed by atoms with Crippen LogP contribution in [0.5, 0.6) is 0 Å². The number of piperidine rings is 1. The lowest BCUT2D eigenvalue weighted by Gasteiger charge is -2.33. The van der Waals surface area contributed by atoms with Gasteiger partial charge in [-0.05, 0) is 24.8 Å². The predicted molar refractivity (Wildman–Crippen MR) is 106 cm³/mol. The quantitative estimate of drug-likeness (QED) is 0.734. The van der Waals surface area contributed by atoms with Gasteiger partial charge in [-0.2, -0.15) is 5.10 Å². The molecule has 3 rings (SSSR count). The number of aryl methyl sites for hydroxylation is 1. The van der Waals surface area contributed by atoms with Gasteiger partial charge in [-0.1, -0.05) is 0 Å². The van der Waals surface area contributed by atoms with Crippen LogP contribution in [-0.4, -0.2) is 70.6 Å². The summed E-state index contributed by atoms with van der Waals surface area (Å²) in [6.45, 7) is 3.98. The average Bonchev–Trinajstić information content (AvgIpc) is 3.15. The van der Waals surface area contributed by atoms with E-state index < -0.39 is 0 Å². The predicted octanol–water partition coefficient (Wildman–Crippen LogP) is 1.28. The smallest absolute Gasteiger partial charge is 0.317 e. The number of anilines is 1. The van der Waals surface area contributed by atoms with Crippen LogP contribution in [0.1, 0.15) is 18.4 Å². The number of amides is 2. The minimum Gasteiger partial charge on any atom is -0.383 e. The van der Waals surface area contributed by atoms with E-state index in [1.807, 2.05) is 19.3 Å². The first-order valence-corrected chi connectivity index (χ1v) is 9.67. The third-order valence-corrected chi connectivity index (χ3v) is 4.88. The van der Waals surface area contributed by atoms with Crippen molar-refractivity contribution in [3.63, 3.8) is 0 Å². The van der Waals surface area contributed by atoms with Gasteiger partial charge in [0.2, 0.25) is 5.95 Å². The highest BCUT2D eigenvalue weighted by Crippen LogP contribution is 2.19. The maximum Gasteiger partial charge on any atom is 0.317 e. The van der Waals surface area contributed by atoms with Crippen LogP contribution in [0, 0.1) is 5.92 Å². The van der Waals surface area contributed by atoms with Crippen molar-refractivity contribution in [2.45, 2.75) is 19.4 Å². The number of carbonyl (C=O) groups is 1. The second-order valence-electron chi connectivity index (χ2n) is 7.13. The number of methoxy groups -OCH3 is 1. The number of hydrogen-bond donors (Lipinski definition) is 1. The highest BCUT2D eigenvalue weighted by atomic mass is 16.5. The monoisotopic (exact) mass is 387 g/mol. The van der Waals surface area contributed by atoms with Gasteiger partial charge in [-0.15, -0.1) is 0 Å². The molecule has 3 heterocycles. The molecular formula is C19H29N7O2. The summed E-state index contributed by atoms with van der Waals surface area (Å²) in [5, 5.41) is 7.27. The van der Waals surface area contributed by atoms with Crippen molar-refractivity contribution in [1.29, 1.82) is 0 Å². The van der Waals surface area contributed by atoms with E-state index in [0.29, 0.717) is 32.2 Å². The molecule has 0 radical (unpaired) electrons. The number of nitrogens with zero attached hydrogens (tertiary/aromatic N) is 6. The third kappa shape index (κ3) is 5.66. The molecule has 2 amide bonds. The van der Waals surface area contributed by atoms with Crippen LogP contribution in [0.4, 0.5) is 10.7 Å². The average molecular weight is 387 g/mol. The molecular weight excluding hydrogens is 358 g/mol. The summed E-state index contributed by atoms with van der Waals surface area (Å²) < 4.78 is 6.90. The fraction of sp³-hybridized carbons (Fsp3) is 0.579. The molecule has 2 aromatic rings. The summed E-state index contributed by atoms with van der Waals surface area (Å²) in [7, 11) is 3.51. The van der Waals surface area contributed by atoms with Crippen LogP contribution in [0.2, 0.25) is 0 Å². The molecule has 1 aliphatic heterocycles. The van der Waals surface area contributed by atoms with Crippen LogP contribution in [-0.2, 0) is 18.3 Å². The normalized spacial score (nSPS) is 16.8. The van der Waals surface area contributed by atoms with Crippen molar-refractivity contribution in [1.82, 2.24) is 30.0 Å². The number of rotatable bonds is 8. The maximum atomic E-state index is 12.7. The lowest BCUT2D eigenvalue weighted by Crippen LogP contribution is -2.46. The fourth-order valence-electron chi connectivity index (χ4n) is 3.44. The molecule has 1 saturated heterocycles. The molecule has 0 unspecified atom stereocenters. The molecule has 9 heteroatoms. The number of nitrogens with one attached hydrogen (secondary N) is 1. The molecule has 1 fully saturated rings. The van der Waals surface area contributed by atoms with Gasteiger partial charge in [0, 0.05) is 64.5 Å². The molecule has 1 N–H and O–H groups in total. The summed E-state index contributed by atoms with van der Waals surface area (Å²) in [4.78, 5) is 25.4. The van der Waals surface area contributed by atoms with Gasteiger partial charge in [0.25, 0.3) is 0 Å². The summed E-state index contributed by atoms with van der Waals surface area (Å²) >= 11 is 0. The Kier molecular flexibility index (Phi) is 7.18. The van der Waals surface area contributed by atoms with E-state index in [1.165, 1.54) is 0 Å². The van der Waals surface area contributed by atoms with E-state index in [9.17, 15) is 4.79 Å². The minimum atomic E-state index is -0.0750. The Morgan fingerprint density at radius 2 is 2.21 bits per heavy atom. The number of aromatic nitrogens is 4. The number of hydrogen-bond acceptors (Lipinski definition) is 6. The van der Waals surface area contributed by atoms with E-state index in [0.717, 1.165) is 37.4 Å². The number of urea groups is 1. The zero-order valence-corrected chi connectivity index (χ0v) is 16.6. The topological polar surface area (TPSA) is 88.4 Å². The third-order valence-electron chi connectivity index (χ3n) is 4.88. The van der Waals surface area contributed by atoms with E-state index in [4.69, 9.17) is 4.74 Å². The molecule has 1 atom stereocenters. The Labute approximate surface area is 165 Å². The maximum absolute atomic E-state index is 12.7. The Hall–Kier alpha value is -2.68. The largest absolute Gasteiger partial charge is 0.383 e. The van der Waals surface area contributed by atoms with E-state index in [-0.39, 0.29) is 6.03 Å². The van der Waals surface area contributed by atoms with Gasteiger partial charge < -0.3 is 19.9 Å². The van der Waals surface area contributed by atoms with Crippen LogP contribution < -0.4 is 10.2 Å². The highest BCUT2D eigenvalue weighted by molar-refractivity contribution is 5.74. The zero-order chi connectivity index (χ0) is 19.8. The van der Waals surface area contributed by atoms with Crippen LogP contribution in [0.15, 0.2) is 30.9 Å². The van der Waals surface area contributed by atoms with Gasteiger partial charge in [0.1, 0.15) is 0 Å². The van der Waals surface area contributed by atoms with Crippen LogP contribution in [0.25, 0.3) is 0 Å². The minimum absolute atomic E-state index is 0.0750. The molecule has 0 aromatic carbocycles.